The Bertz CT molecular complexity index is 341. The van der Waals surface area contributed by atoms with Gasteiger partial charge in [-0.15, -0.1) is 11.6 Å². The predicted molar refractivity (Wildman–Crippen MR) is 66.9 cm³/mol. The molecular formula is C13H19ClF3NO. The SMILES string of the molecule is O=C(NCC1(CCl)CC1)C1CCCCC1C(F)(F)F. The Morgan fingerprint density at radius 1 is 1.26 bits per heavy atom. The highest BCUT2D eigenvalue weighted by atomic mass is 35.5. The lowest BCUT2D eigenvalue weighted by Gasteiger charge is -2.32. The standard InChI is InChI=1S/C13H19ClF3NO/c14-7-12(5-6-12)8-18-11(19)9-3-1-2-4-10(9)13(15,16)17/h9-10H,1-8H2,(H,18,19). The number of alkyl halides is 4. The molecule has 1 amide bonds. The largest absolute Gasteiger partial charge is 0.392 e. The molecule has 0 aliphatic heterocycles. The van der Waals surface area contributed by atoms with Crippen LogP contribution in [0.15, 0.2) is 0 Å². The van der Waals surface area contributed by atoms with Gasteiger partial charge in [0, 0.05) is 23.8 Å². The van der Waals surface area contributed by atoms with Crippen LogP contribution < -0.4 is 5.32 Å². The van der Waals surface area contributed by atoms with Gasteiger partial charge in [-0.2, -0.15) is 13.2 Å². The van der Waals surface area contributed by atoms with E-state index in [1.54, 1.807) is 0 Å². The lowest BCUT2D eigenvalue weighted by Crippen LogP contribution is -2.44. The highest BCUT2D eigenvalue weighted by Gasteiger charge is 2.49. The van der Waals surface area contributed by atoms with Crippen LogP contribution in [0.2, 0.25) is 0 Å². The summed E-state index contributed by atoms with van der Waals surface area (Å²) in [5.74, 6) is -2.38. The molecule has 2 fully saturated rings. The fourth-order valence-electron chi connectivity index (χ4n) is 2.78. The number of halogens is 4. The molecule has 0 heterocycles. The molecule has 1 N–H and O–H groups in total. The third-order valence-electron chi connectivity index (χ3n) is 4.40. The van der Waals surface area contributed by atoms with Crippen LogP contribution in [0, 0.1) is 17.3 Å². The first-order chi connectivity index (χ1) is 8.88. The second kappa shape index (κ2) is 5.51. The Morgan fingerprint density at radius 3 is 2.42 bits per heavy atom. The van der Waals surface area contributed by atoms with Gasteiger partial charge in [0.05, 0.1) is 5.92 Å². The van der Waals surface area contributed by atoms with E-state index in [2.05, 4.69) is 5.32 Å². The first kappa shape index (κ1) is 14.9. The number of nitrogens with one attached hydrogen (secondary N) is 1. The van der Waals surface area contributed by atoms with Gasteiger partial charge in [0.15, 0.2) is 0 Å². The number of carbonyl (C=O) groups excluding carboxylic acids is 1. The van der Waals surface area contributed by atoms with Gasteiger partial charge in [-0.3, -0.25) is 4.79 Å². The van der Waals surface area contributed by atoms with Crippen molar-refractivity contribution in [1.82, 2.24) is 5.32 Å². The van der Waals surface area contributed by atoms with Gasteiger partial charge in [-0.25, -0.2) is 0 Å². The van der Waals surface area contributed by atoms with E-state index in [1.165, 1.54) is 0 Å². The van der Waals surface area contributed by atoms with Crippen molar-refractivity contribution in [2.75, 3.05) is 12.4 Å². The highest BCUT2D eigenvalue weighted by Crippen LogP contribution is 2.46. The van der Waals surface area contributed by atoms with Crippen LogP contribution in [0.5, 0.6) is 0 Å². The molecule has 0 radical (unpaired) electrons. The topological polar surface area (TPSA) is 29.1 Å². The molecule has 0 saturated heterocycles. The maximum Gasteiger partial charge on any atom is 0.392 e. The molecule has 0 aromatic rings. The highest BCUT2D eigenvalue weighted by molar-refractivity contribution is 6.18. The molecule has 2 nitrogen and oxygen atoms in total. The third kappa shape index (κ3) is 3.56. The van der Waals surface area contributed by atoms with E-state index in [-0.39, 0.29) is 11.8 Å². The maximum absolute atomic E-state index is 12.9. The van der Waals surface area contributed by atoms with Crippen molar-refractivity contribution < 1.29 is 18.0 Å². The zero-order chi connectivity index (χ0) is 14.1. The summed E-state index contributed by atoms with van der Waals surface area (Å²) in [5.41, 5.74) is -0.0559. The molecule has 0 bridgehead atoms. The molecule has 2 unspecified atom stereocenters. The van der Waals surface area contributed by atoms with E-state index >= 15 is 0 Å². The Morgan fingerprint density at radius 2 is 1.89 bits per heavy atom. The van der Waals surface area contributed by atoms with Gasteiger partial charge < -0.3 is 5.32 Å². The smallest absolute Gasteiger partial charge is 0.355 e. The van der Waals surface area contributed by atoms with E-state index in [0.717, 1.165) is 12.8 Å². The average molecular weight is 298 g/mol. The summed E-state index contributed by atoms with van der Waals surface area (Å²) in [4.78, 5) is 12.0. The molecule has 2 aliphatic rings. The Labute approximate surface area is 116 Å². The van der Waals surface area contributed by atoms with Gasteiger partial charge >= 0.3 is 6.18 Å². The summed E-state index contributed by atoms with van der Waals surface area (Å²) in [7, 11) is 0. The minimum atomic E-state index is -4.27. The summed E-state index contributed by atoms with van der Waals surface area (Å²) in [6.45, 7) is 0.413. The van der Waals surface area contributed by atoms with Crippen LogP contribution >= 0.6 is 11.6 Å². The van der Waals surface area contributed by atoms with Gasteiger partial charge in [0.2, 0.25) is 5.91 Å². The van der Waals surface area contributed by atoms with E-state index in [0.29, 0.717) is 31.7 Å². The van der Waals surface area contributed by atoms with Crippen LogP contribution in [0.25, 0.3) is 0 Å². The summed E-state index contributed by atoms with van der Waals surface area (Å²) >= 11 is 5.79. The zero-order valence-corrected chi connectivity index (χ0v) is 11.5. The molecule has 0 spiro atoms. The molecular weight excluding hydrogens is 279 g/mol. The third-order valence-corrected chi connectivity index (χ3v) is 4.97. The Kier molecular flexibility index (Phi) is 4.33. The van der Waals surface area contributed by atoms with Crippen LogP contribution in [0.4, 0.5) is 13.2 Å². The number of hydrogen-bond acceptors (Lipinski definition) is 1. The van der Waals surface area contributed by atoms with Crippen molar-refractivity contribution >= 4 is 17.5 Å². The second-order valence-corrected chi connectivity index (χ2v) is 6.16. The summed E-state index contributed by atoms with van der Waals surface area (Å²) in [5, 5.41) is 2.68. The number of amides is 1. The zero-order valence-electron chi connectivity index (χ0n) is 10.7. The van der Waals surface area contributed by atoms with Crippen molar-refractivity contribution in [1.29, 1.82) is 0 Å². The maximum atomic E-state index is 12.9. The van der Waals surface area contributed by atoms with Crippen molar-refractivity contribution in [3.05, 3.63) is 0 Å². The molecule has 0 aromatic carbocycles. The second-order valence-electron chi connectivity index (χ2n) is 5.89. The van der Waals surface area contributed by atoms with Gasteiger partial charge in [-0.05, 0) is 25.7 Å². The van der Waals surface area contributed by atoms with Gasteiger partial charge in [0.1, 0.15) is 0 Å². The fourth-order valence-corrected chi connectivity index (χ4v) is 3.14. The molecule has 2 aliphatic carbocycles. The number of carbonyl (C=O) groups is 1. The quantitative estimate of drug-likeness (QED) is 0.791. The van der Waals surface area contributed by atoms with Gasteiger partial charge in [-0.1, -0.05) is 12.8 Å². The minimum absolute atomic E-state index is 0.0559. The van der Waals surface area contributed by atoms with Crippen LogP contribution in [-0.4, -0.2) is 24.5 Å². The summed E-state index contributed by atoms with van der Waals surface area (Å²) in [6.07, 6.45) is -0.711. The van der Waals surface area contributed by atoms with Crippen LogP contribution in [0.1, 0.15) is 38.5 Å². The number of rotatable bonds is 4. The lowest BCUT2D eigenvalue weighted by atomic mass is 9.78. The van der Waals surface area contributed by atoms with E-state index in [1.807, 2.05) is 0 Å². The lowest BCUT2D eigenvalue weighted by molar-refractivity contribution is -0.198. The average Bonchev–Trinajstić information content (AvgIpc) is 3.16. The monoisotopic (exact) mass is 297 g/mol. The van der Waals surface area contributed by atoms with E-state index in [9.17, 15) is 18.0 Å². The number of hydrogen-bond donors (Lipinski definition) is 1. The predicted octanol–water partition coefficient (Wildman–Crippen LogP) is 3.49. The van der Waals surface area contributed by atoms with E-state index < -0.39 is 23.9 Å². The first-order valence-corrected chi connectivity index (χ1v) is 7.32. The van der Waals surface area contributed by atoms with E-state index in [4.69, 9.17) is 11.6 Å². The minimum Gasteiger partial charge on any atom is -0.355 e. The van der Waals surface area contributed by atoms with Crippen molar-refractivity contribution in [3.8, 4) is 0 Å². The van der Waals surface area contributed by atoms with Crippen molar-refractivity contribution in [2.24, 2.45) is 17.3 Å². The normalized spacial score (nSPS) is 29.9. The molecule has 6 heteroatoms. The van der Waals surface area contributed by atoms with Gasteiger partial charge in [0.25, 0.3) is 0 Å². The first-order valence-electron chi connectivity index (χ1n) is 6.78. The van der Waals surface area contributed by atoms with Crippen molar-refractivity contribution in [2.45, 2.75) is 44.7 Å². The molecule has 0 aromatic heterocycles. The Hall–Kier alpha value is -0.450. The molecule has 19 heavy (non-hydrogen) atoms. The van der Waals surface area contributed by atoms with Crippen molar-refractivity contribution in [3.63, 3.8) is 0 Å². The van der Waals surface area contributed by atoms with Crippen LogP contribution in [-0.2, 0) is 4.79 Å². The molecule has 2 saturated carbocycles. The molecule has 2 atom stereocenters. The summed E-state index contributed by atoms with van der Waals surface area (Å²) < 4.78 is 38.7. The summed E-state index contributed by atoms with van der Waals surface area (Å²) in [6, 6.07) is 0. The molecule has 110 valence electrons. The van der Waals surface area contributed by atoms with Crippen LogP contribution in [0.3, 0.4) is 0 Å². The Balaban J connectivity index is 1.92. The fraction of sp³-hybridized carbons (Fsp3) is 0.923. The molecule has 2 rings (SSSR count).